The minimum Gasteiger partial charge on any atom is -0.382 e. The highest BCUT2D eigenvalue weighted by atomic mass is 35.5. The van der Waals surface area contributed by atoms with Crippen molar-refractivity contribution in [3.05, 3.63) is 59.0 Å². The molecule has 0 aliphatic carbocycles. The van der Waals surface area contributed by atoms with E-state index in [1.165, 1.54) is 24.2 Å². The maximum Gasteiger partial charge on any atom is 0.261 e. The lowest BCUT2D eigenvalue weighted by molar-refractivity contribution is 0.0622. The Balaban J connectivity index is 0.00000304. The van der Waals surface area contributed by atoms with Crippen LogP contribution in [0, 0.1) is 5.92 Å². The number of rotatable bonds is 9. The average molecular weight is 528 g/mol. The van der Waals surface area contributed by atoms with Crippen LogP contribution in [0.2, 0.25) is 0 Å². The number of piperidine rings is 3. The predicted octanol–water partition coefficient (Wildman–Crippen LogP) is 4.97. The van der Waals surface area contributed by atoms with E-state index in [9.17, 15) is 9.59 Å². The summed E-state index contributed by atoms with van der Waals surface area (Å²) in [4.78, 5) is 29.0. The van der Waals surface area contributed by atoms with Crippen molar-refractivity contribution in [3.8, 4) is 11.1 Å². The van der Waals surface area contributed by atoms with Crippen molar-refractivity contribution in [2.75, 3.05) is 39.4 Å². The van der Waals surface area contributed by atoms with Gasteiger partial charge in [0.2, 0.25) is 0 Å². The quantitative estimate of drug-likeness (QED) is 0.385. The van der Waals surface area contributed by atoms with E-state index in [0.29, 0.717) is 31.2 Å². The summed E-state index contributed by atoms with van der Waals surface area (Å²) in [6.45, 7) is 7.17. The molecule has 0 unspecified atom stereocenters. The maximum atomic E-state index is 13.1. The monoisotopic (exact) mass is 527 g/mol. The molecule has 3 saturated heterocycles. The van der Waals surface area contributed by atoms with Crippen LogP contribution in [-0.4, -0.2) is 62.1 Å². The third-order valence-electron chi connectivity index (χ3n) is 7.13. The molecule has 3 aliphatic rings. The summed E-state index contributed by atoms with van der Waals surface area (Å²) in [5.41, 5.74) is 2.65. The number of ether oxygens (including phenoxy) is 1. The van der Waals surface area contributed by atoms with Gasteiger partial charge >= 0.3 is 0 Å². The molecule has 2 aromatic carbocycles. The molecule has 0 spiro atoms. The summed E-state index contributed by atoms with van der Waals surface area (Å²) in [5.74, 6) is 0.539. The van der Waals surface area contributed by atoms with E-state index in [4.69, 9.17) is 4.74 Å². The standard InChI is InChI=1S/C28H33N3O3S.ClH/c1-2-34-15-5-12-29-27(32)22-8-3-6-20(16-22)23-9-4-7-21-17-25(35-26(21)23)28(33)30-24-18-31-13-10-19(24)11-14-31;/h3-4,6-9,16-17,19,24H,2,5,10-15,18H2,1H3,(H,29,32)(H,30,33);1H/t24-;/m0./s1. The molecular formula is C28H34ClN3O3S. The fourth-order valence-electron chi connectivity index (χ4n) is 5.22. The molecule has 3 fully saturated rings. The average Bonchev–Trinajstić information content (AvgIpc) is 3.34. The number of amides is 2. The van der Waals surface area contributed by atoms with E-state index in [2.05, 4.69) is 27.7 Å². The van der Waals surface area contributed by atoms with Crippen LogP contribution in [0.15, 0.2) is 48.5 Å². The zero-order chi connectivity index (χ0) is 24.2. The van der Waals surface area contributed by atoms with Gasteiger partial charge < -0.3 is 20.3 Å². The Kier molecular flexibility index (Phi) is 9.01. The van der Waals surface area contributed by atoms with Gasteiger partial charge in [-0.25, -0.2) is 0 Å². The van der Waals surface area contributed by atoms with Crippen LogP contribution in [0.5, 0.6) is 0 Å². The Morgan fingerprint density at radius 2 is 1.89 bits per heavy atom. The predicted molar refractivity (Wildman–Crippen MR) is 148 cm³/mol. The molecule has 1 aromatic heterocycles. The normalized spacial score (nSPS) is 20.6. The zero-order valence-electron chi connectivity index (χ0n) is 20.6. The van der Waals surface area contributed by atoms with Crippen LogP contribution >= 0.6 is 23.7 Å². The van der Waals surface area contributed by atoms with Crippen molar-refractivity contribution in [2.45, 2.75) is 32.2 Å². The molecule has 2 bridgehead atoms. The fraction of sp³-hybridized carbons (Fsp3) is 0.429. The van der Waals surface area contributed by atoms with Crippen molar-refractivity contribution in [1.29, 1.82) is 0 Å². The molecule has 4 heterocycles. The fourth-order valence-corrected chi connectivity index (χ4v) is 6.32. The van der Waals surface area contributed by atoms with Gasteiger partial charge in [0.1, 0.15) is 0 Å². The van der Waals surface area contributed by atoms with E-state index in [-0.39, 0.29) is 30.3 Å². The van der Waals surface area contributed by atoms with Gasteiger partial charge in [0.15, 0.2) is 0 Å². The van der Waals surface area contributed by atoms with Gasteiger partial charge in [-0.05, 0) is 79.9 Å². The molecular weight excluding hydrogens is 494 g/mol. The number of halogens is 1. The van der Waals surface area contributed by atoms with Crippen molar-refractivity contribution < 1.29 is 14.3 Å². The lowest BCUT2D eigenvalue weighted by Crippen LogP contribution is -2.57. The lowest BCUT2D eigenvalue weighted by atomic mass is 9.84. The molecule has 6 rings (SSSR count). The first kappa shape index (κ1) is 26.6. The molecule has 36 heavy (non-hydrogen) atoms. The third-order valence-corrected chi connectivity index (χ3v) is 8.31. The highest BCUT2D eigenvalue weighted by Gasteiger charge is 2.35. The highest BCUT2D eigenvalue weighted by molar-refractivity contribution is 7.21. The molecule has 3 aromatic rings. The van der Waals surface area contributed by atoms with Gasteiger partial charge in [0.05, 0.1) is 4.88 Å². The molecule has 6 nitrogen and oxygen atoms in total. The smallest absolute Gasteiger partial charge is 0.261 e. The molecule has 8 heteroatoms. The van der Waals surface area contributed by atoms with E-state index < -0.39 is 0 Å². The molecule has 1 atom stereocenters. The van der Waals surface area contributed by atoms with Gasteiger partial charge in [-0.3, -0.25) is 9.59 Å². The summed E-state index contributed by atoms with van der Waals surface area (Å²) in [6.07, 6.45) is 3.15. The molecule has 0 saturated carbocycles. The third kappa shape index (κ3) is 5.92. The van der Waals surface area contributed by atoms with E-state index in [0.717, 1.165) is 52.1 Å². The number of carbonyl (C=O) groups is 2. The van der Waals surface area contributed by atoms with Gasteiger partial charge in [-0.15, -0.1) is 23.7 Å². The van der Waals surface area contributed by atoms with E-state index >= 15 is 0 Å². The summed E-state index contributed by atoms with van der Waals surface area (Å²) < 4.78 is 6.40. The van der Waals surface area contributed by atoms with E-state index in [1.807, 2.05) is 43.3 Å². The first-order valence-corrected chi connectivity index (χ1v) is 13.5. The van der Waals surface area contributed by atoms with Crippen LogP contribution in [0.1, 0.15) is 46.2 Å². The minimum atomic E-state index is -0.0840. The first-order chi connectivity index (χ1) is 17.1. The number of fused-ring (bicyclic) bond motifs is 4. The maximum absolute atomic E-state index is 13.1. The Morgan fingerprint density at radius 1 is 1.08 bits per heavy atom. The number of hydrogen-bond donors (Lipinski definition) is 2. The summed E-state index contributed by atoms with van der Waals surface area (Å²) in [7, 11) is 0. The topological polar surface area (TPSA) is 70.7 Å². The number of nitrogens with zero attached hydrogens (tertiary/aromatic N) is 1. The van der Waals surface area contributed by atoms with Crippen LogP contribution in [0.4, 0.5) is 0 Å². The molecule has 192 valence electrons. The van der Waals surface area contributed by atoms with Crippen LogP contribution in [-0.2, 0) is 4.74 Å². The number of hydrogen-bond acceptors (Lipinski definition) is 5. The van der Waals surface area contributed by atoms with Crippen LogP contribution < -0.4 is 10.6 Å². The zero-order valence-corrected chi connectivity index (χ0v) is 22.3. The largest absolute Gasteiger partial charge is 0.382 e. The van der Waals surface area contributed by atoms with Crippen LogP contribution in [0.3, 0.4) is 0 Å². The lowest BCUT2D eigenvalue weighted by Gasteiger charge is -2.44. The Labute approximate surface area is 222 Å². The highest BCUT2D eigenvalue weighted by Crippen LogP contribution is 2.36. The van der Waals surface area contributed by atoms with E-state index in [1.54, 1.807) is 0 Å². The van der Waals surface area contributed by atoms with Crippen LogP contribution in [0.25, 0.3) is 21.2 Å². The van der Waals surface area contributed by atoms with Gasteiger partial charge in [-0.1, -0.05) is 30.3 Å². The first-order valence-electron chi connectivity index (χ1n) is 12.6. The van der Waals surface area contributed by atoms with Crippen molar-refractivity contribution in [3.63, 3.8) is 0 Å². The Hall–Kier alpha value is -2.45. The van der Waals surface area contributed by atoms with Gasteiger partial charge in [0.25, 0.3) is 11.8 Å². The number of carbonyl (C=O) groups excluding carboxylic acids is 2. The SMILES string of the molecule is CCOCCCNC(=O)c1cccc(-c2cccc3cc(C(=O)N[C@H]4CN5CCC4CC5)sc23)c1.Cl. The Bertz CT molecular complexity index is 1210. The van der Waals surface area contributed by atoms with Gasteiger partial charge in [0, 0.05) is 42.6 Å². The number of nitrogens with one attached hydrogen (secondary N) is 2. The number of thiophene rings is 1. The van der Waals surface area contributed by atoms with Crippen molar-refractivity contribution in [1.82, 2.24) is 15.5 Å². The summed E-state index contributed by atoms with van der Waals surface area (Å²) in [5, 5.41) is 7.33. The molecule has 3 aliphatic heterocycles. The molecule has 0 radical (unpaired) electrons. The molecule has 2 amide bonds. The minimum absolute atomic E-state index is 0. The second-order valence-electron chi connectivity index (χ2n) is 9.44. The summed E-state index contributed by atoms with van der Waals surface area (Å²) >= 11 is 1.53. The Morgan fingerprint density at radius 3 is 2.64 bits per heavy atom. The van der Waals surface area contributed by atoms with Crippen molar-refractivity contribution in [2.24, 2.45) is 5.92 Å². The number of benzene rings is 2. The molecule has 2 N–H and O–H groups in total. The second-order valence-corrected chi connectivity index (χ2v) is 10.5. The summed E-state index contributed by atoms with van der Waals surface area (Å²) in [6, 6.07) is 16.1. The second kappa shape index (κ2) is 12.2. The van der Waals surface area contributed by atoms with Gasteiger partial charge in [-0.2, -0.15) is 0 Å². The van der Waals surface area contributed by atoms with Crippen molar-refractivity contribution >= 4 is 45.6 Å².